The van der Waals surface area contributed by atoms with Crippen molar-refractivity contribution in [2.24, 2.45) is 11.7 Å². The number of furan rings is 1. The van der Waals surface area contributed by atoms with Crippen molar-refractivity contribution in [2.75, 3.05) is 0 Å². The molecule has 84 valence electrons. The fourth-order valence-corrected chi connectivity index (χ4v) is 3.52. The zero-order valence-corrected chi connectivity index (χ0v) is 10.4. The third-order valence-corrected chi connectivity index (χ3v) is 4.86. The lowest BCUT2D eigenvalue weighted by Gasteiger charge is -2.16. The zero-order valence-electron chi connectivity index (χ0n) is 8.78. The van der Waals surface area contributed by atoms with Gasteiger partial charge < -0.3 is 10.2 Å². The van der Waals surface area contributed by atoms with E-state index >= 15 is 0 Å². The van der Waals surface area contributed by atoms with Crippen molar-refractivity contribution >= 4 is 23.4 Å². The van der Waals surface area contributed by atoms with Gasteiger partial charge in [0, 0.05) is 11.3 Å². The summed E-state index contributed by atoms with van der Waals surface area (Å²) in [5.41, 5.74) is 5.98. The maximum atomic E-state index is 5.98. The van der Waals surface area contributed by atoms with Crippen molar-refractivity contribution in [1.82, 2.24) is 0 Å². The summed E-state index contributed by atoms with van der Waals surface area (Å²) in [6, 6.07) is 4.11. The number of halogens is 1. The second kappa shape index (κ2) is 4.81. The van der Waals surface area contributed by atoms with Gasteiger partial charge in [0.15, 0.2) is 5.22 Å². The standard InChI is InChI=1S/C11H16ClNOS/c1-7-9(13)3-4-10(7)15-6-8-2-5-11(12)14-8/h2,5,7,9-10H,3-4,6,13H2,1H3. The molecule has 1 aliphatic carbocycles. The van der Waals surface area contributed by atoms with E-state index < -0.39 is 0 Å². The van der Waals surface area contributed by atoms with Crippen molar-refractivity contribution in [1.29, 1.82) is 0 Å². The molecule has 2 N–H and O–H groups in total. The fraction of sp³-hybridized carbons (Fsp3) is 0.636. The molecule has 0 aromatic carbocycles. The van der Waals surface area contributed by atoms with Gasteiger partial charge in [0.2, 0.25) is 0 Å². The predicted octanol–water partition coefficient (Wildman–Crippen LogP) is 3.29. The van der Waals surface area contributed by atoms with E-state index in [-0.39, 0.29) is 0 Å². The van der Waals surface area contributed by atoms with Gasteiger partial charge in [-0.05, 0) is 42.5 Å². The molecule has 15 heavy (non-hydrogen) atoms. The molecule has 1 fully saturated rings. The topological polar surface area (TPSA) is 39.2 Å². The first-order chi connectivity index (χ1) is 7.16. The number of hydrogen-bond acceptors (Lipinski definition) is 3. The molecular weight excluding hydrogens is 230 g/mol. The molecule has 2 rings (SSSR count). The van der Waals surface area contributed by atoms with Gasteiger partial charge in [-0.3, -0.25) is 0 Å². The van der Waals surface area contributed by atoms with E-state index in [0.29, 0.717) is 22.4 Å². The highest BCUT2D eigenvalue weighted by atomic mass is 35.5. The summed E-state index contributed by atoms with van der Waals surface area (Å²) in [5.74, 6) is 2.46. The molecule has 3 atom stereocenters. The Morgan fingerprint density at radius 1 is 1.53 bits per heavy atom. The van der Waals surface area contributed by atoms with E-state index in [1.165, 1.54) is 6.42 Å². The Balaban J connectivity index is 1.83. The predicted molar refractivity (Wildman–Crippen MR) is 65.2 cm³/mol. The van der Waals surface area contributed by atoms with Gasteiger partial charge in [-0.1, -0.05) is 6.92 Å². The first-order valence-corrected chi connectivity index (χ1v) is 6.71. The molecule has 0 aliphatic heterocycles. The lowest BCUT2D eigenvalue weighted by Crippen LogP contribution is -2.26. The Bertz CT molecular complexity index is 328. The smallest absolute Gasteiger partial charge is 0.193 e. The van der Waals surface area contributed by atoms with Crippen LogP contribution in [0.5, 0.6) is 0 Å². The van der Waals surface area contributed by atoms with Gasteiger partial charge in [-0.2, -0.15) is 11.8 Å². The van der Waals surface area contributed by atoms with Gasteiger partial charge in [0.1, 0.15) is 5.76 Å². The van der Waals surface area contributed by atoms with Gasteiger partial charge in [-0.25, -0.2) is 0 Å². The maximum Gasteiger partial charge on any atom is 0.193 e. The SMILES string of the molecule is CC1C(N)CCC1SCc1ccc(Cl)o1. The van der Waals surface area contributed by atoms with E-state index in [0.717, 1.165) is 17.9 Å². The molecule has 0 bridgehead atoms. The van der Waals surface area contributed by atoms with Crippen LogP contribution in [0.25, 0.3) is 0 Å². The monoisotopic (exact) mass is 245 g/mol. The minimum absolute atomic E-state index is 0.377. The largest absolute Gasteiger partial charge is 0.449 e. The molecule has 0 spiro atoms. The van der Waals surface area contributed by atoms with Gasteiger partial charge in [0.05, 0.1) is 5.75 Å². The highest BCUT2D eigenvalue weighted by molar-refractivity contribution is 7.99. The van der Waals surface area contributed by atoms with Crippen LogP contribution in [0, 0.1) is 5.92 Å². The minimum atomic E-state index is 0.377. The van der Waals surface area contributed by atoms with E-state index in [9.17, 15) is 0 Å². The second-order valence-corrected chi connectivity index (χ2v) is 5.76. The zero-order chi connectivity index (χ0) is 10.8. The first kappa shape index (κ1) is 11.4. The molecule has 1 aromatic heterocycles. The summed E-state index contributed by atoms with van der Waals surface area (Å²) in [6.07, 6.45) is 2.37. The van der Waals surface area contributed by atoms with E-state index in [1.807, 2.05) is 17.8 Å². The maximum absolute atomic E-state index is 5.98. The van der Waals surface area contributed by atoms with Gasteiger partial charge >= 0.3 is 0 Å². The molecule has 2 nitrogen and oxygen atoms in total. The summed E-state index contributed by atoms with van der Waals surface area (Å²) in [6.45, 7) is 2.24. The quantitative estimate of drug-likeness (QED) is 0.888. The third-order valence-electron chi connectivity index (χ3n) is 3.11. The van der Waals surface area contributed by atoms with Crippen molar-refractivity contribution in [2.45, 2.75) is 36.8 Å². The average Bonchev–Trinajstić information content (AvgIpc) is 2.74. The highest BCUT2D eigenvalue weighted by Gasteiger charge is 2.30. The Labute approximate surface area is 99.5 Å². The van der Waals surface area contributed by atoms with E-state index in [1.54, 1.807) is 6.07 Å². The second-order valence-electron chi connectivity index (χ2n) is 4.16. The molecule has 0 amide bonds. The number of thioether (sulfide) groups is 1. The lowest BCUT2D eigenvalue weighted by molar-refractivity contribution is 0.526. The minimum Gasteiger partial charge on any atom is -0.449 e. The summed E-state index contributed by atoms with van der Waals surface area (Å²) in [5, 5.41) is 1.14. The first-order valence-electron chi connectivity index (χ1n) is 5.28. The number of rotatable bonds is 3. The molecule has 1 saturated carbocycles. The molecule has 1 heterocycles. The van der Waals surface area contributed by atoms with Gasteiger partial charge in [-0.15, -0.1) is 0 Å². The molecule has 3 unspecified atom stereocenters. The number of hydrogen-bond donors (Lipinski definition) is 1. The van der Waals surface area contributed by atoms with Crippen LogP contribution < -0.4 is 5.73 Å². The van der Waals surface area contributed by atoms with Crippen molar-refractivity contribution in [3.63, 3.8) is 0 Å². The summed E-state index contributed by atoms with van der Waals surface area (Å²) < 4.78 is 5.32. The Morgan fingerprint density at radius 3 is 2.87 bits per heavy atom. The Hall–Kier alpha value is -0.120. The number of nitrogens with two attached hydrogens (primary N) is 1. The summed E-state index contributed by atoms with van der Waals surface area (Å²) in [7, 11) is 0. The van der Waals surface area contributed by atoms with Crippen molar-refractivity contribution in [3.8, 4) is 0 Å². The Kier molecular flexibility index (Phi) is 3.65. The van der Waals surface area contributed by atoms with Crippen LogP contribution in [0.2, 0.25) is 5.22 Å². The van der Waals surface area contributed by atoms with Crippen molar-refractivity contribution in [3.05, 3.63) is 23.1 Å². The lowest BCUT2D eigenvalue weighted by atomic mass is 10.1. The van der Waals surface area contributed by atoms with E-state index in [2.05, 4.69) is 6.92 Å². The van der Waals surface area contributed by atoms with Crippen molar-refractivity contribution < 1.29 is 4.42 Å². The van der Waals surface area contributed by atoms with Crippen LogP contribution >= 0.6 is 23.4 Å². The highest BCUT2D eigenvalue weighted by Crippen LogP contribution is 2.36. The van der Waals surface area contributed by atoms with E-state index in [4.69, 9.17) is 21.8 Å². The molecule has 1 aliphatic rings. The van der Waals surface area contributed by atoms with Crippen LogP contribution in [0.15, 0.2) is 16.5 Å². The third kappa shape index (κ3) is 2.71. The molecule has 0 saturated heterocycles. The van der Waals surface area contributed by atoms with Crippen LogP contribution in [0.1, 0.15) is 25.5 Å². The molecular formula is C11H16ClNOS. The average molecular weight is 246 g/mol. The molecule has 0 radical (unpaired) electrons. The molecule has 4 heteroatoms. The summed E-state index contributed by atoms with van der Waals surface area (Å²) in [4.78, 5) is 0. The summed E-state index contributed by atoms with van der Waals surface area (Å²) >= 11 is 7.64. The van der Waals surface area contributed by atoms with Crippen LogP contribution in [-0.4, -0.2) is 11.3 Å². The normalized spacial score (nSPS) is 31.0. The Morgan fingerprint density at radius 2 is 2.33 bits per heavy atom. The fourth-order valence-electron chi connectivity index (χ4n) is 2.01. The van der Waals surface area contributed by atoms with Crippen LogP contribution in [-0.2, 0) is 5.75 Å². The van der Waals surface area contributed by atoms with Crippen LogP contribution in [0.3, 0.4) is 0 Å². The van der Waals surface area contributed by atoms with Crippen LogP contribution in [0.4, 0.5) is 0 Å². The molecule has 1 aromatic rings. The van der Waals surface area contributed by atoms with Gasteiger partial charge in [0.25, 0.3) is 0 Å².